The predicted octanol–water partition coefficient (Wildman–Crippen LogP) is 3.70. The summed E-state index contributed by atoms with van der Waals surface area (Å²) in [5.74, 6) is 0.0410. The Hall–Kier alpha value is -2.02. The molecule has 106 valence electrons. The van der Waals surface area contributed by atoms with Gasteiger partial charge in [-0.1, -0.05) is 0 Å². The van der Waals surface area contributed by atoms with Crippen molar-refractivity contribution < 1.29 is 22.6 Å². The Morgan fingerprint density at radius 3 is 2.35 bits per heavy atom. The molecule has 0 atom stereocenters. The number of halogens is 4. The van der Waals surface area contributed by atoms with Crippen LogP contribution in [0.4, 0.5) is 13.2 Å². The minimum absolute atomic E-state index is 0.0509. The Labute approximate surface area is 117 Å². The lowest BCUT2D eigenvalue weighted by Crippen LogP contribution is -2.18. The van der Waals surface area contributed by atoms with Crippen LogP contribution in [0.15, 0.2) is 30.5 Å². The fraction of sp³-hybridized carbons (Fsp3) is 0.167. The summed E-state index contributed by atoms with van der Waals surface area (Å²) in [6.45, 7) is 0. The summed E-state index contributed by atoms with van der Waals surface area (Å²) in [7, 11) is 1.48. The predicted molar refractivity (Wildman–Crippen MR) is 65.7 cm³/mol. The lowest BCUT2D eigenvalue weighted by Gasteiger charge is -2.12. The third kappa shape index (κ3) is 3.51. The molecule has 0 fully saturated rings. The Balaban J connectivity index is 2.45. The molecule has 0 amide bonds. The summed E-state index contributed by atoms with van der Waals surface area (Å²) >= 11 is 5.61. The van der Waals surface area contributed by atoms with Crippen molar-refractivity contribution in [3.8, 4) is 22.8 Å². The summed E-state index contributed by atoms with van der Waals surface area (Å²) in [6, 6.07) is 6.26. The molecule has 0 N–H and O–H groups in total. The van der Waals surface area contributed by atoms with Crippen molar-refractivity contribution in [3.05, 3.63) is 35.7 Å². The van der Waals surface area contributed by atoms with Crippen LogP contribution in [0.3, 0.4) is 0 Å². The maximum atomic E-state index is 12.3. The molecule has 20 heavy (non-hydrogen) atoms. The molecule has 1 aromatic heterocycles. The normalized spacial score (nSPS) is 11.2. The van der Waals surface area contributed by atoms with E-state index in [0.717, 1.165) is 6.20 Å². The molecular weight excluding hydrogens is 297 g/mol. The maximum Gasteiger partial charge on any atom is 0.573 e. The maximum absolute atomic E-state index is 12.3. The van der Waals surface area contributed by atoms with Crippen LogP contribution in [0.25, 0.3) is 11.3 Å². The molecule has 0 aliphatic rings. The van der Waals surface area contributed by atoms with Gasteiger partial charge in [0.15, 0.2) is 5.75 Å². The zero-order chi connectivity index (χ0) is 14.8. The van der Waals surface area contributed by atoms with E-state index in [9.17, 15) is 13.2 Å². The molecule has 0 bridgehead atoms. The topological polar surface area (TPSA) is 44.2 Å². The molecule has 0 saturated carbocycles. The van der Waals surface area contributed by atoms with Gasteiger partial charge >= 0.3 is 6.36 Å². The first-order valence-electron chi connectivity index (χ1n) is 5.32. The van der Waals surface area contributed by atoms with Crippen LogP contribution in [0.1, 0.15) is 0 Å². The first-order chi connectivity index (χ1) is 9.39. The fourth-order valence-corrected chi connectivity index (χ4v) is 1.64. The van der Waals surface area contributed by atoms with Crippen molar-refractivity contribution in [2.24, 2.45) is 0 Å². The van der Waals surface area contributed by atoms with Crippen molar-refractivity contribution in [1.82, 2.24) is 9.97 Å². The average Bonchev–Trinajstić information content (AvgIpc) is 2.39. The zero-order valence-electron chi connectivity index (χ0n) is 10.1. The van der Waals surface area contributed by atoms with Gasteiger partial charge in [0.25, 0.3) is 0 Å². The second kappa shape index (κ2) is 5.54. The number of nitrogens with zero attached hydrogens (tertiary/aromatic N) is 2. The summed E-state index contributed by atoms with van der Waals surface area (Å²) in [4.78, 5) is 7.26. The van der Waals surface area contributed by atoms with Crippen molar-refractivity contribution in [2.45, 2.75) is 6.36 Å². The highest BCUT2D eigenvalue weighted by Crippen LogP contribution is 2.33. The molecule has 0 unspecified atom stereocenters. The highest BCUT2D eigenvalue weighted by molar-refractivity contribution is 6.28. The van der Waals surface area contributed by atoms with Crippen molar-refractivity contribution in [3.63, 3.8) is 0 Å². The van der Waals surface area contributed by atoms with Gasteiger partial charge in [0.2, 0.25) is 5.28 Å². The molecule has 0 aliphatic heterocycles. The quantitative estimate of drug-likeness (QED) is 0.811. The van der Waals surface area contributed by atoms with Crippen LogP contribution in [0.2, 0.25) is 5.28 Å². The second-order valence-electron chi connectivity index (χ2n) is 3.63. The molecule has 4 nitrogen and oxygen atoms in total. The van der Waals surface area contributed by atoms with E-state index in [0.29, 0.717) is 11.3 Å². The van der Waals surface area contributed by atoms with Crippen LogP contribution in [0, 0.1) is 0 Å². The van der Waals surface area contributed by atoms with E-state index in [2.05, 4.69) is 14.7 Å². The largest absolute Gasteiger partial charge is 0.573 e. The molecule has 2 aromatic rings. The van der Waals surface area contributed by atoms with Gasteiger partial charge in [-0.3, -0.25) is 0 Å². The molecule has 2 rings (SSSR count). The number of hydrogen-bond acceptors (Lipinski definition) is 4. The summed E-state index contributed by atoms with van der Waals surface area (Å²) in [5, 5.41) is -0.176. The van der Waals surface area contributed by atoms with E-state index < -0.39 is 12.1 Å². The van der Waals surface area contributed by atoms with Crippen LogP contribution < -0.4 is 9.47 Å². The lowest BCUT2D eigenvalue weighted by molar-refractivity contribution is -0.274. The monoisotopic (exact) mass is 304 g/mol. The second-order valence-corrected chi connectivity index (χ2v) is 3.97. The molecule has 1 heterocycles. The summed E-state index contributed by atoms with van der Waals surface area (Å²) in [6.07, 6.45) is -3.96. The number of aromatic nitrogens is 2. The van der Waals surface area contributed by atoms with Gasteiger partial charge in [0.05, 0.1) is 13.3 Å². The van der Waals surface area contributed by atoms with Gasteiger partial charge in [0, 0.05) is 5.56 Å². The van der Waals surface area contributed by atoms with Crippen molar-refractivity contribution >= 4 is 11.6 Å². The van der Waals surface area contributed by atoms with E-state index in [1.807, 2.05) is 0 Å². The Morgan fingerprint density at radius 2 is 1.80 bits per heavy atom. The molecule has 0 aliphatic carbocycles. The van der Waals surface area contributed by atoms with Crippen LogP contribution >= 0.6 is 11.6 Å². The van der Waals surface area contributed by atoms with Gasteiger partial charge in [-0.05, 0) is 35.9 Å². The van der Waals surface area contributed by atoms with Gasteiger partial charge in [0.1, 0.15) is 11.4 Å². The molecule has 1 aromatic carbocycles. The van der Waals surface area contributed by atoms with E-state index in [-0.39, 0.29) is 11.0 Å². The Bertz CT molecular complexity index is 603. The van der Waals surface area contributed by atoms with Gasteiger partial charge in [-0.2, -0.15) is 0 Å². The van der Waals surface area contributed by atoms with Gasteiger partial charge in [-0.15, -0.1) is 13.2 Å². The molecule has 0 saturated heterocycles. The number of methoxy groups -OCH3 is 1. The van der Waals surface area contributed by atoms with E-state index in [1.165, 1.54) is 7.11 Å². The minimum atomic E-state index is -4.83. The van der Waals surface area contributed by atoms with Crippen LogP contribution in [0.5, 0.6) is 11.5 Å². The molecule has 0 spiro atoms. The van der Waals surface area contributed by atoms with Gasteiger partial charge < -0.3 is 9.47 Å². The average molecular weight is 305 g/mol. The smallest absolute Gasteiger partial charge is 0.497 e. The standard InChI is InChI=1S/C12H8ClF3N2O2/c1-19-8-4-2-7(3-5-8)10-9(20-12(14,15)16)6-17-11(13)18-10/h2-6H,1H3. The molecular formula is C12H8ClF3N2O2. The first-order valence-corrected chi connectivity index (χ1v) is 5.69. The number of hydrogen-bond donors (Lipinski definition) is 0. The highest BCUT2D eigenvalue weighted by Gasteiger charge is 2.33. The molecule has 0 radical (unpaired) electrons. The van der Waals surface area contributed by atoms with Crippen LogP contribution in [-0.4, -0.2) is 23.4 Å². The Kier molecular flexibility index (Phi) is 3.99. The van der Waals surface area contributed by atoms with E-state index in [1.54, 1.807) is 24.3 Å². The number of ether oxygens (including phenoxy) is 2. The number of benzene rings is 1. The third-order valence-corrected chi connectivity index (χ3v) is 2.50. The SMILES string of the molecule is COc1ccc(-c2nc(Cl)ncc2OC(F)(F)F)cc1. The zero-order valence-corrected chi connectivity index (χ0v) is 10.9. The fourth-order valence-electron chi connectivity index (χ4n) is 1.50. The van der Waals surface area contributed by atoms with E-state index >= 15 is 0 Å². The molecule has 8 heteroatoms. The number of alkyl halides is 3. The van der Waals surface area contributed by atoms with Gasteiger partial charge in [-0.25, -0.2) is 9.97 Å². The third-order valence-electron chi connectivity index (χ3n) is 2.31. The van der Waals surface area contributed by atoms with Crippen LogP contribution in [-0.2, 0) is 0 Å². The minimum Gasteiger partial charge on any atom is -0.497 e. The highest BCUT2D eigenvalue weighted by atomic mass is 35.5. The van der Waals surface area contributed by atoms with E-state index in [4.69, 9.17) is 16.3 Å². The Morgan fingerprint density at radius 1 is 1.15 bits per heavy atom. The van der Waals surface area contributed by atoms with Crippen molar-refractivity contribution in [2.75, 3.05) is 7.11 Å². The summed E-state index contributed by atoms with van der Waals surface area (Å²) in [5.41, 5.74) is 0.347. The lowest BCUT2D eigenvalue weighted by atomic mass is 10.1. The van der Waals surface area contributed by atoms with Crippen molar-refractivity contribution in [1.29, 1.82) is 0 Å². The first kappa shape index (κ1) is 14.4. The summed E-state index contributed by atoms with van der Waals surface area (Å²) < 4.78 is 45.8. The number of rotatable bonds is 3.